The molecule has 3 rings (SSSR count). The largest absolute Gasteiger partial charge is 0.468 e. The molecule has 4 atom stereocenters. The Bertz CT molecular complexity index is 861. The number of ether oxygens (including phenoxy) is 1. The number of likely N-dealkylation sites (N-methyl/N-ethyl adjacent to an activating group) is 1. The average Bonchev–Trinajstić information content (AvgIpc) is 3.11. The molecule has 0 unspecified atom stereocenters. The Morgan fingerprint density at radius 1 is 1.28 bits per heavy atom. The zero-order valence-electron chi connectivity index (χ0n) is 16.6. The summed E-state index contributed by atoms with van der Waals surface area (Å²) in [5, 5.41) is 6.36. The number of methoxy groups -OCH3 is 1. The number of nitrogens with one attached hydrogen (secondary N) is 2. The molecule has 2 N–H and O–H groups in total. The van der Waals surface area contributed by atoms with E-state index in [-0.39, 0.29) is 12.5 Å². The molecule has 0 aliphatic carbocycles. The highest BCUT2D eigenvalue weighted by atomic mass is 35.5. The molecular weight excluding hydrogens is 400 g/mol. The van der Waals surface area contributed by atoms with Crippen LogP contribution in [0.1, 0.15) is 6.92 Å². The number of rotatable bonds is 4. The molecule has 2 heterocycles. The fraction of sp³-hybridized carbons (Fsp3) is 0.474. The van der Waals surface area contributed by atoms with Gasteiger partial charge in [-0.15, -0.1) is 0 Å². The summed E-state index contributed by atoms with van der Waals surface area (Å²) < 4.78 is 4.87. The van der Waals surface area contributed by atoms with E-state index in [0.29, 0.717) is 10.7 Å². The van der Waals surface area contributed by atoms with Gasteiger partial charge in [-0.1, -0.05) is 11.6 Å². The number of benzene rings is 1. The van der Waals surface area contributed by atoms with Gasteiger partial charge in [0.15, 0.2) is 0 Å². The lowest BCUT2D eigenvalue weighted by molar-refractivity contribution is -0.152. The Morgan fingerprint density at radius 3 is 2.48 bits per heavy atom. The molecule has 0 spiro atoms. The molecule has 1 aromatic carbocycles. The van der Waals surface area contributed by atoms with E-state index >= 15 is 0 Å². The molecule has 1 aromatic rings. The first-order chi connectivity index (χ1) is 13.6. The fourth-order valence-electron chi connectivity index (χ4n) is 4.10. The van der Waals surface area contributed by atoms with Crippen LogP contribution in [0.5, 0.6) is 0 Å². The van der Waals surface area contributed by atoms with E-state index in [4.69, 9.17) is 16.3 Å². The van der Waals surface area contributed by atoms with E-state index in [9.17, 15) is 19.2 Å². The highest BCUT2D eigenvalue weighted by molar-refractivity contribution is 6.30. The number of fused-ring (bicyclic) bond motifs is 1. The lowest BCUT2D eigenvalue weighted by atomic mass is 9.81. The van der Waals surface area contributed by atoms with E-state index in [1.54, 1.807) is 38.2 Å². The molecule has 0 bridgehead atoms. The quantitative estimate of drug-likeness (QED) is 0.552. The standard InChI is InChI=1S/C19H23ClN4O5/c1-19(17(27)29-4)14-13(15(25)24(3)16(14)26)12(22-19)9-23(2)18(28)21-11-7-5-10(20)6-8-11/h5-8,12-14,22H,9H2,1-4H3,(H,21,28)/t12-,13+,14-,19-/m1/s1. The summed E-state index contributed by atoms with van der Waals surface area (Å²) in [6, 6.07) is 5.65. The van der Waals surface area contributed by atoms with Crippen LogP contribution in [-0.4, -0.2) is 72.9 Å². The van der Waals surface area contributed by atoms with Gasteiger partial charge in [-0.2, -0.15) is 0 Å². The molecule has 29 heavy (non-hydrogen) atoms. The van der Waals surface area contributed by atoms with Gasteiger partial charge in [-0.05, 0) is 31.2 Å². The molecule has 2 aliphatic heterocycles. The molecule has 0 radical (unpaired) electrons. The zero-order valence-corrected chi connectivity index (χ0v) is 17.3. The summed E-state index contributed by atoms with van der Waals surface area (Å²) >= 11 is 5.84. The average molecular weight is 423 g/mol. The number of anilines is 1. The van der Waals surface area contributed by atoms with Crippen molar-refractivity contribution in [1.82, 2.24) is 15.1 Å². The van der Waals surface area contributed by atoms with Crippen LogP contribution < -0.4 is 10.6 Å². The van der Waals surface area contributed by atoms with Crippen molar-refractivity contribution in [2.45, 2.75) is 18.5 Å². The van der Waals surface area contributed by atoms with Crippen LogP contribution >= 0.6 is 11.6 Å². The van der Waals surface area contributed by atoms with E-state index in [1.165, 1.54) is 19.1 Å². The smallest absolute Gasteiger partial charge is 0.326 e. The summed E-state index contributed by atoms with van der Waals surface area (Å²) in [6.07, 6.45) is 0. The number of nitrogens with zero attached hydrogens (tertiary/aromatic N) is 2. The molecule has 156 valence electrons. The van der Waals surface area contributed by atoms with Crippen LogP contribution in [0.25, 0.3) is 0 Å². The first-order valence-corrected chi connectivity index (χ1v) is 9.43. The third kappa shape index (κ3) is 3.56. The Morgan fingerprint density at radius 2 is 1.90 bits per heavy atom. The van der Waals surface area contributed by atoms with Crippen molar-refractivity contribution in [3.8, 4) is 0 Å². The van der Waals surface area contributed by atoms with Gasteiger partial charge in [0.25, 0.3) is 0 Å². The number of urea groups is 1. The van der Waals surface area contributed by atoms with Gasteiger partial charge < -0.3 is 15.0 Å². The molecular formula is C19H23ClN4O5. The second-order valence-electron chi connectivity index (χ2n) is 7.50. The maximum Gasteiger partial charge on any atom is 0.326 e. The molecule has 9 nitrogen and oxygen atoms in total. The summed E-state index contributed by atoms with van der Waals surface area (Å²) in [4.78, 5) is 52.7. The number of amides is 4. The van der Waals surface area contributed by atoms with E-state index in [0.717, 1.165) is 4.90 Å². The van der Waals surface area contributed by atoms with Crippen LogP contribution in [0.2, 0.25) is 5.02 Å². The predicted octanol–water partition coefficient (Wildman–Crippen LogP) is 0.938. The van der Waals surface area contributed by atoms with Gasteiger partial charge in [0.1, 0.15) is 5.54 Å². The molecule has 4 amide bonds. The van der Waals surface area contributed by atoms with E-state index in [2.05, 4.69) is 10.6 Å². The minimum absolute atomic E-state index is 0.111. The molecule has 2 saturated heterocycles. The summed E-state index contributed by atoms with van der Waals surface area (Å²) in [5.74, 6) is -3.08. The lowest BCUT2D eigenvalue weighted by Crippen LogP contribution is -2.56. The van der Waals surface area contributed by atoms with Gasteiger partial charge in [0.2, 0.25) is 11.8 Å². The zero-order chi connectivity index (χ0) is 21.5. The van der Waals surface area contributed by atoms with Crippen molar-refractivity contribution in [2.24, 2.45) is 11.8 Å². The monoisotopic (exact) mass is 422 g/mol. The van der Waals surface area contributed by atoms with Gasteiger partial charge in [0, 0.05) is 37.4 Å². The van der Waals surface area contributed by atoms with E-state index < -0.39 is 41.3 Å². The van der Waals surface area contributed by atoms with Crippen molar-refractivity contribution in [3.63, 3.8) is 0 Å². The molecule has 2 aliphatic rings. The second kappa shape index (κ2) is 7.64. The van der Waals surface area contributed by atoms with Gasteiger partial charge in [0.05, 0.1) is 18.9 Å². The van der Waals surface area contributed by atoms with Crippen LogP contribution in [0, 0.1) is 11.8 Å². The highest BCUT2D eigenvalue weighted by Crippen LogP contribution is 2.43. The van der Waals surface area contributed by atoms with Crippen molar-refractivity contribution in [3.05, 3.63) is 29.3 Å². The maximum atomic E-state index is 12.7. The van der Waals surface area contributed by atoms with Crippen LogP contribution in [-0.2, 0) is 19.1 Å². The highest BCUT2D eigenvalue weighted by Gasteiger charge is 2.66. The topological polar surface area (TPSA) is 108 Å². The lowest BCUT2D eigenvalue weighted by Gasteiger charge is -2.29. The third-order valence-corrected chi connectivity index (χ3v) is 5.89. The van der Waals surface area contributed by atoms with Gasteiger partial charge in [-0.3, -0.25) is 24.6 Å². The molecule has 0 aromatic heterocycles. The number of imide groups is 1. The van der Waals surface area contributed by atoms with Crippen molar-refractivity contribution < 1.29 is 23.9 Å². The van der Waals surface area contributed by atoms with Crippen LogP contribution in [0.15, 0.2) is 24.3 Å². The minimum Gasteiger partial charge on any atom is -0.468 e. The SMILES string of the molecule is COC(=O)[C@]1(C)N[C@H](CN(C)C(=O)Nc2ccc(Cl)cc2)[C@@H]2C(=O)N(C)C(=O)[C@@H]21. The summed E-state index contributed by atoms with van der Waals surface area (Å²) in [5.41, 5.74) is -0.788. The molecule has 0 saturated carbocycles. The number of halogens is 1. The van der Waals surface area contributed by atoms with Gasteiger partial charge >= 0.3 is 12.0 Å². The summed E-state index contributed by atoms with van der Waals surface area (Å²) in [6.45, 7) is 1.66. The summed E-state index contributed by atoms with van der Waals surface area (Å²) in [7, 11) is 4.20. The van der Waals surface area contributed by atoms with E-state index in [1.807, 2.05) is 0 Å². The maximum absolute atomic E-state index is 12.7. The second-order valence-corrected chi connectivity index (χ2v) is 7.94. The Hall–Kier alpha value is -2.65. The number of hydrogen-bond acceptors (Lipinski definition) is 6. The van der Waals surface area contributed by atoms with Crippen molar-refractivity contribution in [1.29, 1.82) is 0 Å². The first kappa shape index (κ1) is 21.1. The van der Waals surface area contributed by atoms with Crippen molar-refractivity contribution in [2.75, 3.05) is 33.1 Å². The number of likely N-dealkylation sites (tertiary alicyclic amines) is 1. The van der Waals surface area contributed by atoms with Crippen LogP contribution in [0.4, 0.5) is 10.5 Å². The predicted molar refractivity (Wildman–Crippen MR) is 105 cm³/mol. The molecule has 10 heteroatoms. The number of hydrogen-bond donors (Lipinski definition) is 2. The molecule has 2 fully saturated rings. The third-order valence-electron chi connectivity index (χ3n) is 5.63. The van der Waals surface area contributed by atoms with Crippen LogP contribution in [0.3, 0.4) is 0 Å². The Labute approximate surface area is 173 Å². The van der Waals surface area contributed by atoms with Crippen molar-refractivity contribution >= 4 is 41.1 Å². The number of carbonyl (C=O) groups excluding carboxylic acids is 4. The Balaban J connectivity index is 1.78. The number of carbonyl (C=O) groups is 4. The van der Waals surface area contributed by atoms with Gasteiger partial charge in [-0.25, -0.2) is 4.79 Å². The normalized spacial score (nSPS) is 28.3. The Kier molecular flexibility index (Phi) is 5.55. The first-order valence-electron chi connectivity index (χ1n) is 9.05. The fourth-order valence-corrected chi connectivity index (χ4v) is 4.23. The minimum atomic E-state index is -1.35. The number of esters is 1.